The lowest BCUT2D eigenvalue weighted by atomic mass is 9.95. The average molecular weight is 470 g/mol. The molecule has 176 valence electrons. The molecule has 2 heterocycles. The number of morpholine rings is 1. The zero-order chi connectivity index (χ0) is 23.2. The SMILES string of the molecule is Cc1ccc([C@H](CN2CCOCC2)NC(=O)[C@@H]2CCCN(C(=O)c3ccc(Cl)cc3)C2)cc1. The summed E-state index contributed by atoms with van der Waals surface area (Å²) in [5.41, 5.74) is 2.90. The second-order valence-electron chi connectivity index (χ2n) is 8.98. The van der Waals surface area contributed by atoms with E-state index in [1.54, 1.807) is 29.2 Å². The first-order chi connectivity index (χ1) is 16.0. The minimum Gasteiger partial charge on any atom is -0.379 e. The number of hydrogen-bond donors (Lipinski definition) is 1. The van der Waals surface area contributed by atoms with Crippen molar-refractivity contribution in [3.63, 3.8) is 0 Å². The van der Waals surface area contributed by atoms with Gasteiger partial charge in [-0.15, -0.1) is 0 Å². The quantitative estimate of drug-likeness (QED) is 0.700. The maximum atomic E-state index is 13.3. The van der Waals surface area contributed by atoms with Gasteiger partial charge in [-0.3, -0.25) is 14.5 Å². The fourth-order valence-electron chi connectivity index (χ4n) is 4.52. The van der Waals surface area contributed by atoms with E-state index in [-0.39, 0.29) is 23.8 Å². The van der Waals surface area contributed by atoms with Gasteiger partial charge in [0.1, 0.15) is 0 Å². The van der Waals surface area contributed by atoms with Crippen LogP contribution in [0.15, 0.2) is 48.5 Å². The Morgan fingerprint density at radius 3 is 2.45 bits per heavy atom. The van der Waals surface area contributed by atoms with Crippen molar-refractivity contribution in [3.05, 3.63) is 70.2 Å². The molecule has 6 nitrogen and oxygen atoms in total. The first-order valence-corrected chi connectivity index (χ1v) is 12.1. The number of nitrogens with one attached hydrogen (secondary N) is 1. The largest absolute Gasteiger partial charge is 0.379 e. The maximum Gasteiger partial charge on any atom is 0.253 e. The van der Waals surface area contributed by atoms with E-state index in [9.17, 15) is 9.59 Å². The smallest absolute Gasteiger partial charge is 0.253 e. The van der Waals surface area contributed by atoms with Gasteiger partial charge in [0.25, 0.3) is 5.91 Å². The lowest BCUT2D eigenvalue weighted by Crippen LogP contribution is -2.48. The Balaban J connectivity index is 1.43. The lowest BCUT2D eigenvalue weighted by Gasteiger charge is -2.35. The Kier molecular flexibility index (Phi) is 8.02. The molecule has 0 bridgehead atoms. The van der Waals surface area contributed by atoms with Crippen LogP contribution in [-0.2, 0) is 9.53 Å². The highest BCUT2D eigenvalue weighted by Gasteiger charge is 2.31. The van der Waals surface area contributed by atoms with Crippen molar-refractivity contribution >= 4 is 23.4 Å². The van der Waals surface area contributed by atoms with E-state index >= 15 is 0 Å². The van der Waals surface area contributed by atoms with Crippen LogP contribution in [0.25, 0.3) is 0 Å². The number of likely N-dealkylation sites (tertiary alicyclic amines) is 1. The van der Waals surface area contributed by atoms with E-state index in [1.165, 1.54) is 5.56 Å². The molecule has 2 amide bonds. The summed E-state index contributed by atoms with van der Waals surface area (Å²) in [5, 5.41) is 3.90. The third kappa shape index (κ3) is 6.34. The molecular formula is C26H32ClN3O3. The predicted octanol–water partition coefficient (Wildman–Crippen LogP) is 3.69. The first-order valence-electron chi connectivity index (χ1n) is 11.7. The van der Waals surface area contributed by atoms with Gasteiger partial charge >= 0.3 is 0 Å². The Hall–Kier alpha value is -2.41. The molecule has 1 N–H and O–H groups in total. The van der Waals surface area contributed by atoms with Gasteiger partial charge in [-0.1, -0.05) is 41.4 Å². The number of aryl methyl sites for hydroxylation is 1. The molecule has 0 radical (unpaired) electrons. The van der Waals surface area contributed by atoms with Crippen molar-refractivity contribution in [2.24, 2.45) is 5.92 Å². The summed E-state index contributed by atoms with van der Waals surface area (Å²) < 4.78 is 5.48. The summed E-state index contributed by atoms with van der Waals surface area (Å²) in [5.74, 6) is -0.248. The van der Waals surface area contributed by atoms with Crippen LogP contribution >= 0.6 is 11.6 Å². The van der Waals surface area contributed by atoms with Crippen molar-refractivity contribution < 1.29 is 14.3 Å². The Morgan fingerprint density at radius 2 is 1.76 bits per heavy atom. The van der Waals surface area contributed by atoms with E-state index in [4.69, 9.17) is 16.3 Å². The van der Waals surface area contributed by atoms with Gasteiger partial charge in [0, 0.05) is 43.3 Å². The molecular weight excluding hydrogens is 438 g/mol. The van der Waals surface area contributed by atoms with E-state index < -0.39 is 0 Å². The lowest BCUT2D eigenvalue weighted by molar-refractivity contribution is -0.127. The van der Waals surface area contributed by atoms with Gasteiger partial charge in [0.15, 0.2) is 0 Å². The number of piperidine rings is 1. The highest BCUT2D eigenvalue weighted by atomic mass is 35.5. The number of benzene rings is 2. The molecule has 0 unspecified atom stereocenters. The summed E-state index contributed by atoms with van der Waals surface area (Å²) in [7, 11) is 0. The molecule has 4 rings (SSSR count). The van der Waals surface area contributed by atoms with Crippen LogP contribution in [0.2, 0.25) is 5.02 Å². The summed E-state index contributed by atoms with van der Waals surface area (Å²) in [6.07, 6.45) is 1.60. The Morgan fingerprint density at radius 1 is 1.06 bits per heavy atom. The second-order valence-corrected chi connectivity index (χ2v) is 9.42. The van der Waals surface area contributed by atoms with E-state index in [0.717, 1.165) is 51.3 Å². The molecule has 2 aliphatic rings. The van der Waals surface area contributed by atoms with Crippen LogP contribution in [0.1, 0.15) is 40.4 Å². The molecule has 0 aromatic heterocycles. The van der Waals surface area contributed by atoms with Crippen LogP contribution in [0.5, 0.6) is 0 Å². The topological polar surface area (TPSA) is 61.9 Å². The van der Waals surface area contributed by atoms with Gasteiger partial charge in [-0.05, 0) is 49.6 Å². The van der Waals surface area contributed by atoms with E-state index in [1.807, 2.05) is 0 Å². The number of carbonyl (C=O) groups excluding carboxylic acids is 2. The standard InChI is InChI=1S/C26H32ClN3O3/c1-19-4-6-20(7-5-19)24(18-29-13-15-33-16-14-29)28-25(31)22-3-2-12-30(17-22)26(32)21-8-10-23(27)11-9-21/h4-11,22,24H,2-3,12-18H2,1H3,(H,28,31)/t22-,24+/m1/s1. The van der Waals surface area contributed by atoms with Gasteiger partial charge < -0.3 is 15.0 Å². The number of carbonyl (C=O) groups is 2. The van der Waals surface area contributed by atoms with Crippen molar-refractivity contribution in [2.75, 3.05) is 45.9 Å². The van der Waals surface area contributed by atoms with E-state index in [0.29, 0.717) is 23.7 Å². The highest BCUT2D eigenvalue weighted by Crippen LogP contribution is 2.22. The van der Waals surface area contributed by atoms with Gasteiger partial charge in [0.2, 0.25) is 5.91 Å². The van der Waals surface area contributed by atoms with Crippen LogP contribution in [0, 0.1) is 12.8 Å². The number of amides is 2. The minimum atomic E-state index is -0.215. The third-order valence-electron chi connectivity index (χ3n) is 6.51. The molecule has 2 atom stereocenters. The minimum absolute atomic E-state index is 0.0161. The fourth-order valence-corrected chi connectivity index (χ4v) is 4.64. The van der Waals surface area contributed by atoms with Crippen molar-refractivity contribution in [3.8, 4) is 0 Å². The zero-order valence-electron chi connectivity index (χ0n) is 19.1. The monoisotopic (exact) mass is 469 g/mol. The summed E-state index contributed by atoms with van der Waals surface area (Å²) in [4.78, 5) is 30.4. The summed E-state index contributed by atoms with van der Waals surface area (Å²) in [6, 6.07) is 15.2. The molecule has 0 saturated carbocycles. The van der Waals surface area contributed by atoms with Crippen LogP contribution in [0.4, 0.5) is 0 Å². The Bertz CT molecular complexity index is 942. The Labute approximate surface area is 200 Å². The van der Waals surface area contributed by atoms with E-state index in [2.05, 4.69) is 41.4 Å². The van der Waals surface area contributed by atoms with Gasteiger partial charge in [0.05, 0.1) is 25.2 Å². The third-order valence-corrected chi connectivity index (χ3v) is 6.76. The highest BCUT2D eigenvalue weighted by molar-refractivity contribution is 6.30. The normalized spacial score (nSPS) is 20.3. The molecule has 2 saturated heterocycles. The number of halogens is 1. The van der Waals surface area contributed by atoms with Crippen molar-refractivity contribution in [1.82, 2.24) is 15.1 Å². The molecule has 0 spiro atoms. The first kappa shape index (κ1) is 23.7. The predicted molar refractivity (Wildman–Crippen MR) is 129 cm³/mol. The van der Waals surface area contributed by atoms with Crippen molar-refractivity contribution in [1.29, 1.82) is 0 Å². The second kappa shape index (κ2) is 11.1. The average Bonchev–Trinajstić information content (AvgIpc) is 2.85. The number of hydrogen-bond acceptors (Lipinski definition) is 4. The molecule has 2 aromatic carbocycles. The zero-order valence-corrected chi connectivity index (χ0v) is 19.9. The number of rotatable bonds is 6. The number of nitrogens with zero attached hydrogens (tertiary/aromatic N) is 2. The van der Waals surface area contributed by atoms with Gasteiger partial charge in [-0.2, -0.15) is 0 Å². The summed E-state index contributed by atoms with van der Waals surface area (Å²) >= 11 is 5.96. The molecule has 0 aliphatic carbocycles. The van der Waals surface area contributed by atoms with Gasteiger partial charge in [-0.25, -0.2) is 0 Å². The number of ether oxygens (including phenoxy) is 1. The van der Waals surface area contributed by atoms with Crippen molar-refractivity contribution in [2.45, 2.75) is 25.8 Å². The molecule has 33 heavy (non-hydrogen) atoms. The molecule has 7 heteroatoms. The molecule has 2 aromatic rings. The van der Waals surface area contributed by atoms with Crippen LogP contribution in [-0.4, -0.2) is 67.6 Å². The summed E-state index contributed by atoms with van der Waals surface area (Å²) in [6.45, 7) is 7.09. The maximum absolute atomic E-state index is 13.3. The van der Waals surface area contributed by atoms with Crippen LogP contribution in [0.3, 0.4) is 0 Å². The van der Waals surface area contributed by atoms with Crippen LogP contribution < -0.4 is 5.32 Å². The molecule has 2 fully saturated rings. The fraction of sp³-hybridized carbons (Fsp3) is 0.462. The molecule has 2 aliphatic heterocycles.